The van der Waals surface area contributed by atoms with Crippen molar-refractivity contribution in [1.82, 2.24) is 5.43 Å². The molecule has 0 unspecified atom stereocenters. The number of aryl methyl sites for hydroxylation is 1. The first kappa shape index (κ1) is 15.4. The maximum absolute atomic E-state index is 12.1. The van der Waals surface area contributed by atoms with Crippen LogP contribution in [0.1, 0.15) is 21.7 Å². The third kappa shape index (κ3) is 3.14. The van der Waals surface area contributed by atoms with Crippen LogP contribution >= 0.6 is 0 Å². The van der Waals surface area contributed by atoms with Gasteiger partial charge >= 0.3 is 5.91 Å². The van der Waals surface area contributed by atoms with Gasteiger partial charge in [-0.25, -0.2) is 5.43 Å². The molecule has 0 bridgehead atoms. The van der Waals surface area contributed by atoms with Gasteiger partial charge in [0.05, 0.1) is 11.1 Å². The van der Waals surface area contributed by atoms with E-state index in [4.69, 9.17) is 4.42 Å². The Balaban J connectivity index is 1.76. The van der Waals surface area contributed by atoms with Crippen LogP contribution in [0.2, 0.25) is 0 Å². The van der Waals surface area contributed by atoms with Gasteiger partial charge in [-0.05, 0) is 30.2 Å². The number of hydrogen-bond acceptors (Lipinski definition) is 5. The molecule has 7 nitrogen and oxygen atoms in total. The molecule has 0 saturated heterocycles. The molecule has 120 valence electrons. The normalized spacial score (nSPS) is 11.0. The minimum absolute atomic E-state index is 0.0347. The number of benzene rings is 2. The third-order valence-corrected chi connectivity index (χ3v) is 3.49. The van der Waals surface area contributed by atoms with Gasteiger partial charge in [0, 0.05) is 17.5 Å². The number of nitro benzene ring substituents is 1. The predicted molar refractivity (Wildman–Crippen MR) is 89.1 cm³/mol. The first-order chi connectivity index (χ1) is 11.5. The summed E-state index contributed by atoms with van der Waals surface area (Å²) in [6.07, 6.45) is 1.54. The zero-order chi connectivity index (χ0) is 17.1. The number of amides is 1. The van der Waals surface area contributed by atoms with Gasteiger partial charge in [0.25, 0.3) is 5.69 Å². The fourth-order valence-corrected chi connectivity index (χ4v) is 2.20. The number of carbonyl (C=O) groups excluding carboxylic acids is 1. The highest BCUT2D eigenvalue weighted by Crippen LogP contribution is 2.24. The van der Waals surface area contributed by atoms with Crippen LogP contribution in [0.3, 0.4) is 0 Å². The van der Waals surface area contributed by atoms with Crippen LogP contribution in [0.4, 0.5) is 5.69 Å². The van der Waals surface area contributed by atoms with Crippen LogP contribution in [0, 0.1) is 17.0 Å². The molecule has 0 aliphatic rings. The summed E-state index contributed by atoms with van der Waals surface area (Å²) in [6.45, 7) is 1.94. The zero-order valence-electron chi connectivity index (χ0n) is 12.7. The first-order valence-electron chi connectivity index (χ1n) is 7.11. The Labute approximate surface area is 136 Å². The van der Waals surface area contributed by atoms with Crippen molar-refractivity contribution < 1.29 is 14.1 Å². The van der Waals surface area contributed by atoms with Crippen molar-refractivity contribution >= 4 is 28.8 Å². The van der Waals surface area contributed by atoms with Gasteiger partial charge in [0.2, 0.25) is 0 Å². The molecule has 0 aliphatic heterocycles. The van der Waals surface area contributed by atoms with Gasteiger partial charge < -0.3 is 4.42 Å². The van der Waals surface area contributed by atoms with Crippen LogP contribution in [-0.2, 0) is 0 Å². The van der Waals surface area contributed by atoms with Crippen LogP contribution < -0.4 is 5.43 Å². The van der Waals surface area contributed by atoms with Crippen LogP contribution in [-0.4, -0.2) is 17.0 Å². The zero-order valence-corrected chi connectivity index (χ0v) is 12.7. The summed E-state index contributed by atoms with van der Waals surface area (Å²) < 4.78 is 5.38. The van der Waals surface area contributed by atoms with Crippen molar-refractivity contribution in [3.05, 3.63) is 75.5 Å². The maximum Gasteiger partial charge on any atom is 0.307 e. The van der Waals surface area contributed by atoms with Gasteiger partial charge in [-0.1, -0.05) is 24.3 Å². The average Bonchev–Trinajstić information content (AvgIpc) is 2.99. The summed E-state index contributed by atoms with van der Waals surface area (Å²) in [5.74, 6) is -0.494. The number of nitrogens with zero attached hydrogens (tertiary/aromatic N) is 2. The van der Waals surface area contributed by atoms with E-state index in [0.717, 1.165) is 11.1 Å². The maximum atomic E-state index is 12.1. The minimum atomic E-state index is -0.529. The summed E-state index contributed by atoms with van der Waals surface area (Å²) in [6, 6.07) is 13.2. The number of rotatable bonds is 4. The standard InChI is InChI=1S/C17H13N3O4/c1-11-4-2-3-5-12(11)10-18-19-17(21)16-9-13-8-14(20(22)23)6-7-15(13)24-16/h2-10H,1H3,(H,19,21)/b18-10-. The molecule has 24 heavy (non-hydrogen) atoms. The SMILES string of the molecule is Cc1ccccc1/C=N\NC(=O)c1cc2cc([N+](=O)[O-])ccc2o1. The van der Waals surface area contributed by atoms with Crippen molar-refractivity contribution in [2.75, 3.05) is 0 Å². The Morgan fingerprint density at radius 1 is 1.25 bits per heavy atom. The first-order valence-corrected chi connectivity index (χ1v) is 7.11. The highest BCUT2D eigenvalue weighted by atomic mass is 16.6. The molecule has 1 heterocycles. The molecule has 1 amide bonds. The molecule has 1 aromatic heterocycles. The lowest BCUT2D eigenvalue weighted by atomic mass is 10.1. The number of nitrogens with one attached hydrogen (secondary N) is 1. The lowest BCUT2D eigenvalue weighted by Gasteiger charge is -1.98. The van der Waals surface area contributed by atoms with E-state index in [-0.39, 0.29) is 11.4 Å². The number of furan rings is 1. The van der Waals surface area contributed by atoms with E-state index in [1.165, 1.54) is 24.3 Å². The Bertz CT molecular complexity index is 959. The fourth-order valence-electron chi connectivity index (χ4n) is 2.20. The molecule has 3 aromatic rings. The van der Waals surface area contributed by atoms with Crippen LogP contribution in [0.5, 0.6) is 0 Å². The molecule has 1 N–H and O–H groups in total. The number of hydrazone groups is 1. The van der Waals surface area contributed by atoms with Gasteiger partial charge in [-0.2, -0.15) is 5.10 Å². The summed E-state index contributed by atoms with van der Waals surface area (Å²) >= 11 is 0. The second kappa shape index (κ2) is 6.33. The number of fused-ring (bicyclic) bond motifs is 1. The van der Waals surface area contributed by atoms with Gasteiger partial charge in [0.15, 0.2) is 5.76 Å². The number of non-ortho nitro benzene ring substituents is 1. The van der Waals surface area contributed by atoms with Crippen molar-refractivity contribution in [1.29, 1.82) is 0 Å². The lowest BCUT2D eigenvalue weighted by Crippen LogP contribution is -2.16. The summed E-state index contributed by atoms with van der Waals surface area (Å²) in [7, 11) is 0. The highest BCUT2D eigenvalue weighted by Gasteiger charge is 2.14. The smallest absolute Gasteiger partial charge is 0.307 e. The highest BCUT2D eigenvalue weighted by molar-refractivity contribution is 5.97. The Kier molecular flexibility index (Phi) is 4.07. The number of hydrogen-bond donors (Lipinski definition) is 1. The van der Waals surface area contributed by atoms with Crippen LogP contribution in [0.15, 0.2) is 58.0 Å². The molecule has 0 aliphatic carbocycles. The Morgan fingerprint density at radius 2 is 2.04 bits per heavy atom. The van der Waals surface area contributed by atoms with E-state index in [9.17, 15) is 14.9 Å². The van der Waals surface area contributed by atoms with E-state index in [0.29, 0.717) is 11.0 Å². The van der Waals surface area contributed by atoms with Crippen molar-refractivity contribution in [2.45, 2.75) is 6.92 Å². The topological polar surface area (TPSA) is 97.7 Å². The van der Waals surface area contributed by atoms with Crippen molar-refractivity contribution in [3.63, 3.8) is 0 Å². The molecule has 7 heteroatoms. The van der Waals surface area contributed by atoms with Crippen molar-refractivity contribution in [3.8, 4) is 0 Å². The van der Waals surface area contributed by atoms with Gasteiger partial charge in [-0.3, -0.25) is 14.9 Å². The van der Waals surface area contributed by atoms with Gasteiger partial charge in [-0.15, -0.1) is 0 Å². The second-order valence-electron chi connectivity index (χ2n) is 5.15. The van der Waals surface area contributed by atoms with Crippen molar-refractivity contribution in [2.24, 2.45) is 5.10 Å². The minimum Gasteiger partial charge on any atom is -0.451 e. The molecule has 0 saturated carbocycles. The average molecular weight is 323 g/mol. The molecule has 2 aromatic carbocycles. The summed E-state index contributed by atoms with van der Waals surface area (Å²) in [5.41, 5.74) is 4.63. The lowest BCUT2D eigenvalue weighted by molar-refractivity contribution is -0.384. The van der Waals surface area contributed by atoms with E-state index < -0.39 is 10.8 Å². The quantitative estimate of drug-likeness (QED) is 0.452. The largest absolute Gasteiger partial charge is 0.451 e. The summed E-state index contributed by atoms with van der Waals surface area (Å²) in [5, 5.41) is 15.2. The molecular weight excluding hydrogens is 310 g/mol. The Morgan fingerprint density at radius 3 is 2.79 bits per heavy atom. The molecular formula is C17H13N3O4. The molecule has 0 radical (unpaired) electrons. The predicted octanol–water partition coefficient (Wildman–Crippen LogP) is 3.41. The monoisotopic (exact) mass is 323 g/mol. The van der Waals surface area contributed by atoms with Gasteiger partial charge in [0.1, 0.15) is 5.58 Å². The second-order valence-corrected chi connectivity index (χ2v) is 5.15. The van der Waals surface area contributed by atoms with E-state index in [1.54, 1.807) is 6.21 Å². The number of carbonyl (C=O) groups is 1. The molecule has 0 atom stereocenters. The van der Waals surface area contributed by atoms with E-state index in [2.05, 4.69) is 10.5 Å². The number of nitro groups is 1. The molecule has 3 rings (SSSR count). The third-order valence-electron chi connectivity index (χ3n) is 3.49. The fraction of sp³-hybridized carbons (Fsp3) is 0.0588. The van der Waals surface area contributed by atoms with Crippen LogP contribution in [0.25, 0.3) is 11.0 Å². The van der Waals surface area contributed by atoms with E-state index in [1.807, 2.05) is 31.2 Å². The van der Waals surface area contributed by atoms with E-state index >= 15 is 0 Å². The molecule has 0 spiro atoms. The summed E-state index contributed by atoms with van der Waals surface area (Å²) in [4.78, 5) is 22.3. The molecule has 0 fully saturated rings. The Hall–Kier alpha value is -3.48.